The second kappa shape index (κ2) is 10.9. The molecule has 0 aromatic heterocycles. The number of hydrogen-bond acceptors (Lipinski definition) is 2. The maximum atomic E-state index is 4.44. The van der Waals surface area contributed by atoms with Gasteiger partial charge in [0, 0.05) is 17.8 Å². The summed E-state index contributed by atoms with van der Waals surface area (Å²) in [5.74, 6) is 5.59. The Bertz CT molecular complexity index is 535. The van der Waals surface area contributed by atoms with Crippen molar-refractivity contribution in [1.82, 2.24) is 0 Å². The van der Waals surface area contributed by atoms with E-state index in [1.165, 1.54) is 94.9 Å². The Morgan fingerprint density at radius 1 is 0.786 bits per heavy atom. The Balaban J connectivity index is 1.64. The van der Waals surface area contributed by atoms with Gasteiger partial charge in [-0.15, -0.1) is 0 Å². The Morgan fingerprint density at radius 2 is 1.50 bits per heavy atom. The molecule has 28 heavy (non-hydrogen) atoms. The van der Waals surface area contributed by atoms with Gasteiger partial charge in [0.1, 0.15) is 0 Å². The SMILES string of the molecule is CC1=NN=C(CCC2CCCCCCC(C)C(C)[C@@H]3CCCC2CC(C)C3)C1. The van der Waals surface area contributed by atoms with Gasteiger partial charge in [0.15, 0.2) is 0 Å². The van der Waals surface area contributed by atoms with Crippen molar-refractivity contribution in [2.45, 2.75) is 118 Å². The predicted octanol–water partition coefficient (Wildman–Crippen LogP) is 8.06. The molecule has 4 rings (SSSR count). The van der Waals surface area contributed by atoms with Gasteiger partial charge < -0.3 is 0 Å². The molecule has 3 saturated carbocycles. The fourth-order valence-electron chi connectivity index (χ4n) is 6.50. The van der Waals surface area contributed by atoms with E-state index in [4.69, 9.17) is 0 Å². The minimum Gasteiger partial charge on any atom is -0.160 e. The molecule has 0 spiro atoms. The Labute approximate surface area is 175 Å². The zero-order valence-corrected chi connectivity index (χ0v) is 19.3. The lowest BCUT2D eigenvalue weighted by molar-refractivity contribution is 0.138. The molecule has 1 aliphatic heterocycles. The van der Waals surface area contributed by atoms with Crippen LogP contribution in [0.2, 0.25) is 0 Å². The van der Waals surface area contributed by atoms with Gasteiger partial charge in [-0.25, -0.2) is 0 Å². The fourth-order valence-corrected chi connectivity index (χ4v) is 6.50. The first-order chi connectivity index (χ1) is 13.5. The summed E-state index contributed by atoms with van der Waals surface area (Å²) in [5, 5.41) is 8.72. The maximum absolute atomic E-state index is 4.44. The van der Waals surface area contributed by atoms with E-state index >= 15 is 0 Å². The predicted molar refractivity (Wildman–Crippen MR) is 123 cm³/mol. The first kappa shape index (κ1) is 22.0. The summed E-state index contributed by atoms with van der Waals surface area (Å²) in [6.07, 6.45) is 19.7. The zero-order valence-electron chi connectivity index (χ0n) is 19.3. The van der Waals surface area contributed by atoms with E-state index in [9.17, 15) is 0 Å². The summed E-state index contributed by atoms with van der Waals surface area (Å²) in [5.41, 5.74) is 2.55. The second-order valence-corrected chi connectivity index (χ2v) is 10.8. The van der Waals surface area contributed by atoms with Gasteiger partial charge in [-0.2, -0.15) is 10.2 Å². The molecule has 6 atom stereocenters. The van der Waals surface area contributed by atoms with E-state index < -0.39 is 0 Å². The Kier molecular flexibility index (Phi) is 8.60. The van der Waals surface area contributed by atoms with Crippen LogP contribution in [0, 0.1) is 35.5 Å². The maximum Gasteiger partial charge on any atom is 0.0462 e. The van der Waals surface area contributed by atoms with E-state index in [2.05, 4.69) is 37.9 Å². The quantitative estimate of drug-likeness (QED) is 0.468. The van der Waals surface area contributed by atoms with Gasteiger partial charge in [-0.1, -0.05) is 78.6 Å². The molecule has 0 saturated heterocycles. The minimum atomic E-state index is 0.907. The van der Waals surface area contributed by atoms with Crippen molar-refractivity contribution in [2.24, 2.45) is 45.7 Å². The van der Waals surface area contributed by atoms with E-state index in [0.717, 1.165) is 41.9 Å². The van der Waals surface area contributed by atoms with Gasteiger partial charge in [-0.3, -0.25) is 0 Å². The second-order valence-electron chi connectivity index (χ2n) is 10.8. The van der Waals surface area contributed by atoms with Crippen LogP contribution in [0.15, 0.2) is 10.2 Å². The Hall–Kier alpha value is -0.660. The summed E-state index contributed by atoms with van der Waals surface area (Å²) < 4.78 is 0. The molecule has 4 aliphatic rings. The molecule has 5 unspecified atom stereocenters. The Morgan fingerprint density at radius 3 is 2.25 bits per heavy atom. The number of nitrogens with zero attached hydrogens (tertiary/aromatic N) is 2. The van der Waals surface area contributed by atoms with Gasteiger partial charge in [0.05, 0.1) is 0 Å². The zero-order chi connectivity index (χ0) is 19.9. The standard InChI is InChI=1S/C26H46N2/c1-19-16-24-12-9-13-25(17-19)23(14-15-26-18-21(3)27-28-26)11-8-6-5-7-10-20(2)22(24)4/h19-20,22-25H,5-18H2,1-4H3/t19?,20?,22?,23?,24-,25?/m1/s1. The van der Waals surface area contributed by atoms with Gasteiger partial charge in [-0.05, 0) is 68.1 Å². The van der Waals surface area contributed by atoms with Crippen molar-refractivity contribution >= 4 is 11.4 Å². The lowest BCUT2D eigenvalue weighted by atomic mass is 9.68. The van der Waals surface area contributed by atoms with Gasteiger partial charge in [0.2, 0.25) is 0 Å². The first-order valence-corrected chi connectivity index (χ1v) is 12.6. The highest BCUT2D eigenvalue weighted by molar-refractivity contribution is 6.06. The van der Waals surface area contributed by atoms with Crippen molar-refractivity contribution in [3.8, 4) is 0 Å². The largest absolute Gasteiger partial charge is 0.160 e. The molecule has 3 fully saturated rings. The highest BCUT2D eigenvalue weighted by Gasteiger charge is 2.31. The first-order valence-electron chi connectivity index (χ1n) is 12.6. The molecule has 0 N–H and O–H groups in total. The van der Waals surface area contributed by atoms with Gasteiger partial charge in [0.25, 0.3) is 0 Å². The topological polar surface area (TPSA) is 24.7 Å². The van der Waals surface area contributed by atoms with E-state index in [1.54, 1.807) is 0 Å². The average molecular weight is 387 g/mol. The lowest BCUT2D eigenvalue weighted by Crippen LogP contribution is -2.27. The molecular formula is C26H46N2. The minimum absolute atomic E-state index is 0.907. The summed E-state index contributed by atoms with van der Waals surface area (Å²) >= 11 is 0. The molecule has 160 valence electrons. The van der Waals surface area contributed by atoms with Crippen LogP contribution in [0.3, 0.4) is 0 Å². The van der Waals surface area contributed by atoms with Crippen LogP contribution in [-0.4, -0.2) is 11.4 Å². The molecule has 1 heterocycles. The van der Waals surface area contributed by atoms with Crippen molar-refractivity contribution in [2.75, 3.05) is 0 Å². The lowest BCUT2D eigenvalue weighted by Gasteiger charge is -2.37. The molecule has 0 amide bonds. The van der Waals surface area contributed by atoms with Crippen LogP contribution in [0.5, 0.6) is 0 Å². The normalized spacial score (nSPS) is 38.4. The van der Waals surface area contributed by atoms with Crippen LogP contribution in [0.1, 0.15) is 118 Å². The van der Waals surface area contributed by atoms with Crippen molar-refractivity contribution in [3.05, 3.63) is 0 Å². The monoisotopic (exact) mass is 386 g/mol. The van der Waals surface area contributed by atoms with Crippen LogP contribution >= 0.6 is 0 Å². The molecular weight excluding hydrogens is 340 g/mol. The summed E-state index contributed by atoms with van der Waals surface area (Å²) in [4.78, 5) is 0. The number of fused-ring (bicyclic) bond motifs is 12. The van der Waals surface area contributed by atoms with Crippen molar-refractivity contribution in [1.29, 1.82) is 0 Å². The van der Waals surface area contributed by atoms with Crippen molar-refractivity contribution in [3.63, 3.8) is 0 Å². The van der Waals surface area contributed by atoms with Crippen molar-refractivity contribution < 1.29 is 0 Å². The summed E-state index contributed by atoms with van der Waals surface area (Å²) in [6.45, 7) is 9.79. The third-order valence-corrected chi connectivity index (χ3v) is 8.48. The van der Waals surface area contributed by atoms with E-state index in [-0.39, 0.29) is 0 Å². The van der Waals surface area contributed by atoms with E-state index in [1.807, 2.05) is 0 Å². The van der Waals surface area contributed by atoms with Crippen LogP contribution in [0.4, 0.5) is 0 Å². The van der Waals surface area contributed by atoms with Crippen LogP contribution < -0.4 is 0 Å². The summed E-state index contributed by atoms with van der Waals surface area (Å²) in [7, 11) is 0. The molecule has 0 aromatic carbocycles. The third-order valence-electron chi connectivity index (χ3n) is 8.48. The highest BCUT2D eigenvalue weighted by Crippen LogP contribution is 2.41. The highest BCUT2D eigenvalue weighted by atomic mass is 15.2. The molecule has 0 aromatic rings. The number of hydrogen-bond donors (Lipinski definition) is 0. The van der Waals surface area contributed by atoms with Crippen LogP contribution in [-0.2, 0) is 0 Å². The van der Waals surface area contributed by atoms with E-state index in [0.29, 0.717) is 0 Å². The smallest absolute Gasteiger partial charge is 0.0462 e. The molecule has 2 bridgehead atoms. The molecule has 2 nitrogen and oxygen atoms in total. The molecule has 2 heteroatoms. The van der Waals surface area contributed by atoms with Crippen LogP contribution in [0.25, 0.3) is 0 Å². The van der Waals surface area contributed by atoms with Gasteiger partial charge >= 0.3 is 0 Å². The molecule has 0 radical (unpaired) electrons. The number of rotatable bonds is 3. The molecule has 3 aliphatic carbocycles. The average Bonchev–Trinajstić information content (AvgIpc) is 3.07. The summed E-state index contributed by atoms with van der Waals surface area (Å²) in [6, 6.07) is 0. The fraction of sp³-hybridized carbons (Fsp3) is 0.923. The third kappa shape index (κ3) is 6.42.